The molecule has 17 heavy (non-hydrogen) atoms. The summed E-state index contributed by atoms with van der Waals surface area (Å²) in [5, 5.41) is 3.69. The Hall–Kier alpha value is -1.55. The zero-order valence-electron chi connectivity index (χ0n) is 9.35. The Bertz CT molecular complexity index is 549. The van der Waals surface area contributed by atoms with Crippen LogP contribution in [-0.4, -0.2) is 15.4 Å². The van der Waals surface area contributed by atoms with E-state index in [1.807, 2.05) is 0 Å². The molecule has 0 aliphatic heterocycles. The van der Waals surface area contributed by atoms with E-state index >= 15 is 0 Å². The summed E-state index contributed by atoms with van der Waals surface area (Å²) >= 11 is 1.17. The van der Waals surface area contributed by atoms with Crippen molar-refractivity contribution in [1.82, 2.24) is 9.59 Å². The molecule has 1 aliphatic carbocycles. The van der Waals surface area contributed by atoms with Crippen molar-refractivity contribution >= 4 is 17.3 Å². The van der Waals surface area contributed by atoms with Crippen LogP contribution < -0.4 is 0 Å². The highest BCUT2D eigenvalue weighted by Crippen LogP contribution is 2.23. The van der Waals surface area contributed by atoms with Crippen molar-refractivity contribution in [2.24, 2.45) is 0 Å². The molecule has 86 valence electrons. The Morgan fingerprint density at radius 1 is 1.29 bits per heavy atom. The van der Waals surface area contributed by atoms with Crippen LogP contribution in [0.15, 0.2) is 24.4 Å². The normalized spacial score (nSPS) is 13.6. The molecule has 4 heteroatoms. The summed E-state index contributed by atoms with van der Waals surface area (Å²) in [5.41, 5.74) is 3.96. The monoisotopic (exact) mass is 244 g/mol. The van der Waals surface area contributed by atoms with Gasteiger partial charge in [0.25, 0.3) is 0 Å². The molecule has 0 unspecified atom stereocenters. The fourth-order valence-electron chi connectivity index (χ4n) is 2.30. The molecule has 3 rings (SSSR count). The fourth-order valence-corrected chi connectivity index (χ4v) is 2.75. The van der Waals surface area contributed by atoms with Gasteiger partial charge in [0, 0.05) is 6.42 Å². The molecule has 0 bridgehead atoms. The molecule has 1 aliphatic rings. The number of carbonyl (C=O) groups excluding carboxylic acids is 1. The van der Waals surface area contributed by atoms with Gasteiger partial charge < -0.3 is 0 Å². The van der Waals surface area contributed by atoms with Crippen LogP contribution in [0.1, 0.15) is 32.8 Å². The third-order valence-corrected chi connectivity index (χ3v) is 3.87. The quantitative estimate of drug-likeness (QED) is 0.779. The van der Waals surface area contributed by atoms with Crippen LogP contribution in [0.2, 0.25) is 0 Å². The van der Waals surface area contributed by atoms with Gasteiger partial charge in [0.15, 0.2) is 5.78 Å². The second-order valence-electron chi connectivity index (χ2n) is 4.34. The summed E-state index contributed by atoms with van der Waals surface area (Å²) in [4.78, 5) is 12.5. The van der Waals surface area contributed by atoms with Crippen molar-refractivity contribution in [3.05, 3.63) is 46.0 Å². The van der Waals surface area contributed by atoms with E-state index in [2.05, 4.69) is 27.8 Å². The third-order valence-electron chi connectivity index (χ3n) is 3.16. The SMILES string of the molecule is O=C(Cc1ccc2c(c1)CCC2)c1cnns1. The maximum absolute atomic E-state index is 11.9. The summed E-state index contributed by atoms with van der Waals surface area (Å²) in [6.07, 6.45) is 5.57. The molecule has 1 aromatic heterocycles. The summed E-state index contributed by atoms with van der Waals surface area (Å²) in [5.74, 6) is 0.109. The lowest BCUT2D eigenvalue weighted by atomic mass is 10.0. The molecule has 0 atom stereocenters. The number of benzene rings is 1. The maximum Gasteiger partial charge on any atom is 0.180 e. The Kier molecular flexibility index (Phi) is 2.73. The van der Waals surface area contributed by atoms with Crippen LogP contribution in [-0.2, 0) is 19.3 Å². The van der Waals surface area contributed by atoms with E-state index in [0.717, 1.165) is 12.0 Å². The smallest absolute Gasteiger partial charge is 0.180 e. The van der Waals surface area contributed by atoms with Crippen LogP contribution in [0, 0.1) is 0 Å². The van der Waals surface area contributed by atoms with Gasteiger partial charge in [-0.15, -0.1) is 5.10 Å². The van der Waals surface area contributed by atoms with Crippen molar-refractivity contribution < 1.29 is 4.79 Å². The van der Waals surface area contributed by atoms with E-state index in [-0.39, 0.29) is 5.78 Å². The van der Waals surface area contributed by atoms with Crippen molar-refractivity contribution in [2.75, 3.05) is 0 Å². The minimum absolute atomic E-state index is 0.109. The lowest BCUT2D eigenvalue weighted by Crippen LogP contribution is -2.01. The van der Waals surface area contributed by atoms with E-state index in [0.29, 0.717) is 11.3 Å². The van der Waals surface area contributed by atoms with Crippen molar-refractivity contribution in [1.29, 1.82) is 0 Å². The lowest BCUT2D eigenvalue weighted by Gasteiger charge is -2.03. The molecule has 0 fully saturated rings. The average molecular weight is 244 g/mol. The number of fused-ring (bicyclic) bond motifs is 1. The van der Waals surface area contributed by atoms with Gasteiger partial charge in [0.1, 0.15) is 4.88 Å². The van der Waals surface area contributed by atoms with E-state index in [9.17, 15) is 4.79 Å². The van der Waals surface area contributed by atoms with Gasteiger partial charge in [-0.3, -0.25) is 4.79 Å². The van der Waals surface area contributed by atoms with E-state index < -0.39 is 0 Å². The van der Waals surface area contributed by atoms with E-state index in [1.54, 1.807) is 6.20 Å². The van der Waals surface area contributed by atoms with Gasteiger partial charge in [-0.25, -0.2) is 0 Å². The molecule has 1 heterocycles. The summed E-state index contributed by atoms with van der Waals surface area (Å²) in [6.45, 7) is 0. The van der Waals surface area contributed by atoms with Crippen LogP contribution in [0.5, 0.6) is 0 Å². The van der Waals surface area contributed by atoms with Gasteiger partial charge in [-0.1, -0.05) is 22.7 Å². The highest BCUT2D eigenvalue weighted by molar-refractivity contribution is 7.07. The Morgan fingerprint density at radius 2 is 2.18 bits per heavy atom. The van der Waals surface area contributed by atoms with Crippen LogP contribution in [0.3, 0.4) is 0 Å². The highest BCUT2D eigenvalue weighted by Gasteiger charge is 2.13. The van der Waals surface area contributed by atoms with Crippen molar-refractivity contribution in [3.63, 3.8) is 0 Å². The summed E-state index contributed by atoms with van der Waals surface area (Å²) in [6, 6.07) is 6.40. The van der Waals surface area contributed by atoms with Gasteiger partial charge in [0.2, 0.25) is 0 Å². The Balaban J connectivity index is 1.80. The lowest BCUT2D eigenvalue weighted by molar-refractivity contribution is 0.0996. The van der Waals surface area contributed by atoms with Gasteiger partial charge in [0.05, 0.1) is 6.20 Å². The number of aromatic nitrogens is 2. The van der Waals surface area contributed by atoms with E-state index in [1.165, 1.54) is 35.5 Å². The molecule has 0 saturated heterocycles. The number of hydrogen-bond donors (Lipinski definition) is 0. The third kappa shape index (κ3) is 2.13. The minimum atomic E-state index is 0.109. The van der Waals surface area contributed by atoms with E-state index in [4.69, 9.17) is 0 Å². The summed E-state index contributed by atoms with van der Waals surface area (Å²) in [7, 11) is 0. The molecule has 0 radical (unpaired) electrons. The first-order valence-electron chi connectivity index (χ1n) is 5.74. The first kappa shape index (κ1) is 10.6. The fraction of sp³-hybridized carbons (Fsp3) is 0.308. The predicted molar refractivity (Wildman–Crippen MR) is 66.4 cm³/mol. The molecule has 2 aromatic rings. The van der Waals surface area contributed by atoms with Gasteiger partial charge >= 0.3 is 0 Å². The highest BCUT2D eigenvalue weighted by atomic mass is 32.1. The zero-order valence-corrected chi connectivity index (χ0v) is 10.2. The number of Topliss-reactive ketones (excluding diaryl/α,β-unsaturated/α-hetero) is 1. The van der Waals surface area contributed by atoms with Gasteiger partial charge in [-0.05, 0) is 47.5 Å². The second-order valence-corrected chi connectivity index (χ2v) is 5.12. The zero-order chi connectivity index (χ0) is 11.7. The van der Waals surface area contributed by atoms with Crippen LogP contribution in [0.25, 0.3) is 0 Å². The van der Waals surface area contributed by atoms with Crippen molar-refractivity contribution in [2.45, 2.75) is 25.7 Å². The standard InChI is InChI=1S/C13H12N2OS/c16-12(13-8-14-15-17-13)7-9-4-5-10-2-1-3-11(10)6-9/h4-6,8H,1-3,7H2. The largest absolute Gasteiger partial charge is 0.293 e. The number of ketones is 1. The maximum atomic E-state index is 11.9. The molecular formula is C13H12N2OS. The number of carbonyl (C=O) groups is 1. The van der Waals surface area contributed by atoms with Crippen molar-refractivity contribution in [3.8, 4) is 0 Å². The molecular weight excluding hydrogens is 232 g/mol. The predicted octanol–water partition coefficient (Wildman–Crippen LogP) is 2.45. The average Bonchev–Trinajstić information content (AvgIpc) is 2.99. The van der Waals surface area contributed by atoms with Crippen LogP contribution >= 0.6 is 11.5 Å². The second kappa shape index (κ2) is 4.37. The Labute approximate surface area is 104 Å². The first-order valence-corrected chi connectivity index (χ1v) is 6.51. The molecule has 0 amide bonds. The molecule has 3 nitrogen and oxygen atoms in total. The number of rotatable bonds is 3. The number of nitrogens with zero attached hydrogens (tertiary/aromatic N) is 2. The molecule has 0 spiro atoms. The molecule has 0 saturated carbocycles. The number of aryl methyl sites for hydroxylation is 2. The minimum Gasteiger partial charge on any atom is -0.293 e. The molecule has 1 aromatic carbocycles. The molecule has 0 N–H and O–H groups in total. The first-order chi connectivity index (χ1) is 8.33. The Morgan fingerprint density at radius 3 is 3.00 bits per heavy atom. The topological polar surface area (TPSA) is 42.9 Å². The number of hydrogen-bond acceptors (Lipinski definition) is 4. The van der Waals surface area contributed by atoms with Gasteiger partial charge in [-0.2, -0.15) is 0 Å². The summed E-state index contributed by atoms with van der Waals surface area (Å²) < 4.78 is 3.71. The van der Waals surface area contributed by atoms with Crippen LogP contribution in [0.4, 0.5) is 0 Å².